The van der Waals surface area contributed by atoms with Crippen LogP contribution in [0.15, 0.2) is 18.2 Å². The van der Waals surface area contributed by atoms with Crippen LogP contribution in [0.2, 0.25) is 0 Å². The first kappa shape index (κ1) is 13.8. The number of fused-ring (bicyclic) bond motifs is 1. The maximum absolute atomic E-state index is 11.2. The SMILES string of the molecule is O=Cc1nn(C2CCCCO2)c2ccc(CC(=O)O)cc12. The van der Waals surface area contributed by atoms with Gasteiger partial charge in [-0.05, 0) is 37.0 Å². The van der Waals surface area contributed by atoms with Crippen molar-refractivity contribution in [3.05, 3.63) is 29.5 Å². The summed E-state index contributed by atoms with van der Waals surface area (Å²) in [7, 11) is 0. The first-order valence-electron chi connectivity index (χ1n) is 6.99. The fourth-order valence-corrected chi connectivity index (χ4v) is 2.72. The number of carbonyl (C=O) groups is 2. The maximum Gasteiger partial charge on any atom is 0.307 e. The molecule has 1 aromatic carbocycles. The van der Waals surface area contributed by atoms with Crippen molar-refractivity contribution in [2.24, 2.45) is 0 Å². The third kappa shape index (κ3) is 2.67. The van der Waals surface area contributed by atoms with Gasteiger partial charge in [0.15, 0.2) is 12.5 Å². The van der Waals surface area contributed by atoms with E-state index in [2.05, 4.69) is 5.10 Å². The van der Waals surface area contributed by atoms with Gasteiger partial charge in [0.1, 0.15) is 5.69 Å². The van der Waals surface area contributed by atoms with Gasteiger partial charge in [0.2, 0.25) is 0 Å². The topological polar surface area (TPSA) is 81.4 Å². The number of aliphatic carboxylic acids is 1. The molecule has 3 rings (SSSR count). The molecule has 0 amide bonds. The van der Waals surface area contributed by atoms with Crippen LogP contribution in [0.4, 0.5) is 0 Å². The highest BCUT2D eigenvalue weighted by molar-refractivity contribution is 5.95. The van der Waals surface area contributed by atoms with E-state index in [1.165, 1.54) is 0 Å². The maximum atomic E-state index is 11.2. The molecule has 1 N–H and O–H groups in total. The fraction of sp³-hybridized carbons (Fsp3) is 0.400. The van der Waals surface area contributed by atoms with Gasteiger partial charge in [0.25, 0.3) is 0 Å². The minimum Gasteiger partial charge on any atom is -0.481 e. The van der Waals surface area contributed by atoms with Crippen LogP contribution in [-0.4, -0.2) is 33.7 Å². The van der Waals surface area contributed by atoms with Crippen LogP contribution in [0.5, 0.6) is 0 Å². The van der Waals surface area contributed by atoms with Crippen molar-refractivity contribution in [2.45, 2.75) is 31.9 Å². The van der Waals surface area contributed by atoms with Crippen LogP contribution in [0.3, 0.4) is 0 Å². The molecule has 1 aromatic heterocycles. The molecule has 1 unspecified atom stereocenters. The summed E-state index contributed by atoms with van der Waals surface area (Å²) in [6.07, 6.45) is 3.45. The molecule has 0 spiro atoms. The molecule has 1 atom stereocenters. The Morgan fingerprint density at radius 3 is 3.00 bits per heavy atom. The standard InChI is InChI=1S/C15H16N2O4/c18-9-12-11-7-10(8-15(19)20)4-5-13(11)17(16-12)14-3-1-2-6-21-14/h4-5,7,9,14H,1-3,6,8H2,(H,19,20). The Morgan fingerprint density at radius 1 is 1.48 bits per heavy atom. The van der Waals surface area contributed by atoms with E-state index in [9.17, 15) is 9.59 Å². The zero-order valence-electron chi connectivity index (χ0n) is 11.5. The molecule has 6 heteroatoms. The molecule has 6 nitrogen and oxygen atoms in total. The molecule has 1 aliphatic heterocycles. The molecule has 0 bridgehead atoms. The first-order valence-corrected chi connectivity index (χ1v) is 6.99. The van der Waals surface area contributed by atoms with Gasteiger partial charge in [-0.25, -0.2) is 4.68 Å². The Hall–Kier alpha value is -2.21. The molecule has 1 aliphatic rings. The number of aldehydes is 1. The average Bonchev–Trinajstić information content (AvgIpc) is 2.85. The summed E-state index contributed by atoms with van der Waals surface area (Å²) in [6, 6.07) is 5.29. The molecule has 2 heterocycles. The van der Waals surface area contributed by atoms with Crippen LogP contribution in [0.1, 0.15) is 41.5 Å². The number of hydrogen-bond donors (Lipinski definition) is 1. The van der Waals surface area contributed by atoms with Crippen molar-refractivity contribution in [1.29, 1.82) is 0 Å². The van der Waals surface area contributed by atoms with Crippen molar-refractivity contribution in [2.75, 3.05) is 6.61 Å². The summed E-state index contributed by atoms with van der Waals surface area (Å²) >= 11 is 0. The van der Waals surface area contributed by atoms with Crippen LogP contribution >= 0.6 is 0 Å². The summed E-state index contributed by atoms with van der Waals surface area (Å²) in [6.45, 7) is 0.694. The lowest BCUT2D eigenvalue weighted by atomic mass is 10.1. The average molecular weight is 288 g/mol. The highest BCUT2D eigenvalue weighted by Gasteiger charge is 2.21. The van der Waals surface area contributed by atoms with Crippen molar-refractivity contribution in [1.82, 2.24) is 9.78 Å². The number of rotatable bonds is 4. The predicted octanol–water partition coefficient (Wildman–Crippen LogP) is 2.17. The van der Waals surface area contributed by atoms with Gasteiger partial charge in [-0.2, -0.15) is 5.10 Å². The number of aromatic nitrogens is 2. The third-order valence-corrected chi connectivity index (χ3v) is 3.69. The molecular formula is C15H16N2O4. The van der Waals surface area contributed by atoms with Crippen molar-refractivity contribution in [3.8, 4) is 0 Å². The van der Waals surface area contributed by atoms with E-state index in [1.54, 1.807) is 16.8 Å². The second-order valence-electron chi connectivity index (χ2n) is 5.19. The zero-order chi connectivity index (χ0) is 14.8. The van der Waals surface area contributed by atoms with Crippen LogP contribution in [0, 0.1) is 0 Å². The summed E-state index contributed by atoms with van der Waals surface area (Å²) in [5, 5.41) is 13.9. The van der Waals surface area contributed by atoms with Gasteiger partial charge in [0, 0.05) is 12.0 Å². The van der Waals surface area contributed by atoms with E-state index in [-0.39, 0.29) is 12.6 Å². The molecule has 0 saturated carbocycles. The summed E-state index contributed by atoms with van der Waals surface area (Å²) in [4.78, 5) is 22.0. The van der Waals surface area contributed by atoms with E-state index in [0.29, 0.717) is 29.5 Å². The molecule has 110 valence electrons. The van der Waals surface area contributed by atoms with Crippen molar-refractivity contribution < 1.29 is 19.4 Å². The Labute approximate surface area is 121 Å². The summed E-state index contributed by atoms with van der Waals surface area (Å²) in [5.74, 6) is -0.898. The van der Waals surface area contributed by atoms with E-state index in [4.69, 9.17) is 9.84 Å². The third-order valence-electron chi connectivity index (χ3n) is 3.69. The highest BCUT2D eigenvalue weighted by atomic mass is 16.5. The van der Waals surface area contributed by atoms with E-state index in [0.717, 1.165) is 24.8 Å². The molecule has 21 heavy (non-hydrogen) atoms. The van der Waals surface area contributed by atoms with Gasteiger partial charge < -0.3 is 9.84 Å². The van der Waals surface area contributed by atoms with Crippen LogP contribution in [-0.2, 0) is 16.0 Å². The predicted molar refractivity (Wildman–Crippen MR) is 75.3 cm³/mol. The lowest BCUT2D eigenvalue weighted by Crippen LogP contribution is -2.19. The number of carboxylic acid groups (broad SMARTS) is 1. The Balaban J connectivity index is 2.05. The van der Waals surface area contributed by atoms with E-state index < -0.39 is 5.97 Å². The largest absolute Gasteiger partial charge is 0.481 e. The monoisotopic (exact) mass is 288 g/mol. The molecule has 0 aliphatic carbocycles. The lowest BCUT2D eigenvalue weighted by molar-refractivity contribution is -0.136. The van der Waals surface area contributed by atoms with Gasteiger partial charge >= 0.3 is 5.97 Å². The molecule has 1 saturated heterocycles. The Morgan fingerprint density at radius 2 is 2.33 bits per heavy atom. The number of nitrogens with zero attached hydrogens (tertiary/aromatic N) is 2. The van der Waals surface area contributed by atoms with Crippen LogP contribution < -0.4 is 0 Å². The minimum atomic E-state index is -0.898. The zero-order valence-corrected chi connectivity index (χ0v) is 11.5. The van der Waals surface area contributed by atoms with E-state index >= 15 is 0 Å². The minimum absolute atomic E-state index is 0.0701. The van der Waals surface area contributed by atoms with Crippen molar-refractivity contribution >= 4 is 23.2 Å². The first-order chi connectivity index (χ1) is 10.2. The molecule has 2 aromatic rings. The van der Waals surface area contributed by atoms with Gasteiger partial charge in [-0.15, -0.1) is 0 Å². The summed E-state index contributed by atoms with van der Waals surface area (Å²) in [5.41, 5.74) is 1.78. The number of benzene rings is 1. The number of carboxylic acids is 1. The molecule has 0 radical (unpaired) electrons. The second kappa shape index (κ2) is 5.65. The summed E-state index contributed by atoms with van der Waals surface area (Å²) < 4.78 is 7.45. The van der Waals surface area contributed by atoms with Gasteiger partial charge in [0.05, 0.1) is 11.9 Å². The molecule has 1 fully saturated rings. The van der Waals surface area contributed by atoms with Gasteiger partial charge in [-0.3, -0.25) is 9.59 Å². The normalized spacial score (nSPS) is 18.8. The lowest BCUT2D eigenvalue weighted by Gasteiger charge is -2.23. The Kier molecular flexibility index (Phi) is 3.70. The highest BCUT2D eigenvalue weighted by Crippen LogP contribution is 2.28. The van der Waals surface area contributed by atoms with Gasteiger partial charge in [-0.1, -0.05) is 6.07 Å². The fourth-order valence-electron chi connectivity index (χ4n) is 2.72. The van der Waals surface area contributed by atoms with Crippen LogP contribution in [0.25, 0.3) is 10.9 Å². The Bertz CT molecular complexity index is 686. The smallest absolute Gasteiger partial charge is 0.307 e. The second-order valence-corrected chi connectivity index (χ2v) is 5.19. The number of carbonyl (C=O) groups excluding carboxylic acids is 1. The van der Waals surface area contributed by atoms with E-state index in [1.807, 2.05) is 6.07 Å². The number of hydrogen-bond acceptors (Lipinski definition) is 4. The number of ether oxygens (including phenoxy) is 1. The molecular weight excluding hydrogens is 272 g/mol. The quantitative estimate of drug-likeness (QED) is 0.872. The van der Waals surface area contributed by atoms with Crippen molar-refractivity contribution in [3.63, 3.8) is 0 Å².